The Morgan fingerprint density at radius 2 is 2.04 bits per heavy atom. The molecule has 130 valence electrons. The van der Waals surface area contributed by atoms with Crippen molar-refractivity contribution in [1.29, 1.82) is 0 Å². The molecule has 0 saturated heterocycles. The monoisotopic (exact) mass is 367 g/mol. The van der Waals surface area contributed by atoms with Crippen molar-refractivity contribution in [3.05, 3.63) is 69.9 Å². The number of carbonyl (C=O) groups excluding carboxylic acids is 1. The molecular weight excluding hydrogens is 354 g/mol. The minimum Gasteiger partial charge on any atom is -0.323 e. The van der Waals surface area contributed by atoms with Crippen LogP contribution in [0.25, 0.3) is 16.6 Å². The van der Waals surface area contributed by atoms with Gasteiger partial charge in [0.2, 0.25) is 5.91 Å². The molecule has 2 aromatic carbocycles. The highest BCUT2D eigenvalue weighted by Crippen LogP contribution is 2.20. The molecule has 26 heavy (non-hydrogen) atoms. The molecule has 4 aromatic rings. The maximum atomic E-state index is 12.5. The molecule has 0 radical (unpaired) electrons. The summed E-state index contributed by atoms with van der Waals surface area (Å²) >= 11 is 6.04. The highest BCUT2D eigenvalue weighted by Gasteiger charge is 2.14. The molecule has 7 nitrogen and oxygen atoms in total. The molecule has 1 amide bonds. The fourth-order valence-electron chi connectivity index (χ4n) is 2.76. The predicted molar refractivity (Wildman–Crippen MR) is 99.6 cm³/mol. The number of hydrogen-bond donors (Lipinski definition) is 1. The van der Waals surface area contributed by atoms with E-state index in [1.807, 2.05) is 25.1 Å². The van der Waals surface area contributed by atoms with Gasteiger partial charge in [0.05, 0.1) is 16.2 Å². The first kappa shape index (κ1) is 16.3. The third-order valence-electron chi connectivity index (χ3n) is 4.02. The molecule has 0 fully saturated rings. The van der Waals surface area contributed by atoms with Gasteiger partial charge in [-0.2, -0.15) is 0 Å². The van der Waals surface area contributed by atoms with Crippen molar-refractivity contribution < 1.29 is 4.79 Å². The summed E-state index contributed by atoms with van der Waals surface area (Å²) in [5.74, 6) is -0.392. The second-order valence-electron chi connectivity index (χ2n) is 5.93. The third kappa shape index (κ3) is 2.82. The summed E-state index contributed by atoms with van der Waals surface area (Å²) in [5, 5.41) is 8.18. The highest BCUT2D eigenvalue weighted by atomic mass is 35.5. The maximum Gasteiger partial charge on any atom is 0.352 e. The molecule has 0 spiro atoms. The Bertz CT molecular complexity index is 1210. The lowest BCUT2D eigenvalue weighted by molar-refractivity contribution is -0.117. The van der Waals surface area contributed by atoms with Gasteiger partial charge >= 0.3 is 5.69 Å². The third-order valence-corrected chi connectivity index (χ3v) is 4.35. The maximum absolute atomic E-state index is 12.5. The van der Waals surface area contributed by atoms with E-state index in [0.29, 0.717) is 16.4 Å². The zero-order valence-corrected chi connectivity index (χ0v) is 14.6. The summed E-state index contributed by atoms with van der Waals surface area (Å²) in [4.78, 5) is 29.1. The number of hydrogen-bond acceptors (Lipinski definition) is 4. The van der Waals surface area contributed by atoms with Crippen LogP contribution < -0.4 is 11.0 Å². The van der Waals surface area contributed by atoms with Crippen molar-refractivity contribution in [3.8, 4) is 0 Å². The molecule has 0 aliphatic carbocycles. The Hall–Kier alpha value is -3.19. The minimum absolute atomic E-state index is 0.223. The highest BCUT2D eigenvalue weighted by molar-refractivity contribution is 6.33. The van der Waals surface area contributed by atoms with Crippen molar-refractivity contribution in [2.45, 2.75) is 13.5 Å². The Labute approximate surface area is 152 Å². The lowest BCUT2D eigenvalue weighted by Gasteiger charge is -2.06. The number of fused-ring (bicyclic) bond motifs is 3. The quantitative estimate of drug-likeness (QED) is 0.603. The molecule has 0 aliphatic rings. The second kappa shape index (κ2) is 6.27. The van der Waals surface area contributed by atoms with E-state index >= 15 is 0 Å². The van der Waals surface area contributed by atoms with Gasteiger partial charge in [0.25, 0.3) is 0 Å². The predicted octanol–water partition coefficient (Wildman–Crippen LogP) is 2.64. The summed E-state index contributed by atoms with van der Waals surface area (Å²) in [6, 6.07) is 12.6. The van der Waals surface area contributed by atoms with Crippen LogP contribution in [0.4, 0.5) is 5.69 Å². The molecule has 0 unspecified atom stereocenters. The van der Waals surface area contributed by atoms with Crippen molar-refractivity contribution in [3.63, 3.8) is 0 Å². The van der Waals surface area contributed by atoms with Crippen LogP contribution in [0, 0.1) is 6.92 Å². The number of carbonyl (C=O) groups is 1. The molecule has 2 aromatic heterocycles. The van der Waals surface area contributed by atoms with Crippen molar-refractivity contribution in [2.75, 3.05) is 5.32 Å². The van der Waals surface area contributed by atoms with Crippen LogP contribution in [0.5, 0.6) is 0 Å². The molecule has 0 atom stereocenters. The normalized spacial score (nSPS) is 11.2. The number of rotatable bonds is 3. The van der Waals surface area contributed by atoms with Gasteiger partial charge in [-0.1, -0.05) is 35.4 Å². The van der Waals surface area contributed by atoms with E-state index in [2.05, 4.69) is 15.4 Å². The van der Waals surface area contributed by atoms with Crippen LogP contribution in [-0.2, 0) is 11.3 Å². The van der Waals surface area contributed by atoms with Gasteiger partial charge in [-0.25, -0.2) is 18.9 Å². The van der Waals surface area contributed by atoms with E-state index in [9.17, 15) is 9.59 Å². The standard InChI is InChI=1S/C18H14ClN5O2/c1-11-6-7-14-12(8-11)17-22-24(18(26)23(17)10-20-14)9-16(25)21-15-5-3-2-4-13(15)19/h2-8,10H,9H2,1H3,(H,21,25). The smallest absolute Gasteiger partial charge is 0.323 e. The van der Waals surface area contributed by atoms with E-state index in [1.165, 1.54) is 10.7 Å². The summed E-state index contributed by atoms with van der Waals surface area (Å²) in [7, 11) is 0. The number of para-hydroxylation sites is 1. The number of aromatic nitrogens is 4. The SMILES string of the molecule is Cc1ccc2ncn3c(=O)n(CC(=O)Nc4ccccc4Cl)nc3c2c1. The molecule has 0 saturated carbocycles. The number of aryl methyl sites for hydroxylation is 1. The molecule has 0 aliphatic heterocycles. The number of amides is 1. The number of benzene rings is 2. The van der Waals surface area contributed by atoms with Crippen molar-refractivity contribution in [1.82, 2.24) is 19.2 Å². The lowest BCUT2D eigenvalue weighted by atomic mass is 10.2. The van der Waals surface area contributed by atoms with Crippen LogP contribution >= 0.6 is 11.6 Å². The van der Waals surface area contributed by atoms with E-state index < -0.39 is 11.6 Å². The van der Waals surface area contributed by atoms with Gasteiger partial charge in [0.15, 0.2) is 5.65 Å². The van der Waals surface area contributed by atoms with Crippen molar-refractivity contribution >= 4 is 39.7 Å². The van der Waals surface area contributed by atoms with E-state index in [1.54, 1.807) is 24.3 Å². The molecule has 4 rings (SSSR count). The van der Waals surface area contributed by atoms with E-state index in [-0.39, 0.29) is 6.54 Å². The molecule has 0 bridgehead atoms. The molecule has 2 heterocycles. The zero-order valence-electron chi connectivity index (χ0n) is 13.8. The molecule has 1 N–H and O–H groups in total. The van der Waals surface area contributed by atoms with Gasteiger partial charge in [0.1, 0.15) is 12.9 Å². The second-order valence-corrected chi connectivity index (χ2v) is 6.33. The average Bonchev–Trinajstić information content (AvgIpc) is 2.93. The Balaban J connectivity index is 1.71. The van der Waals surface area contributed by atoms with Gasteiger partial charge in [0, 0.05) is 5.39 Å². The zero-order chi connectivity index (χ0) is 18.3. The lowest BCUT2D eigenvalue weighted by Crippen LogP contribution is -2.28. The van der Waals surface area contributed by atoms with Crippen molar-refractivity contribution in [2.24, 2.45) is 0 Å². The van der Waals surface area contributed by atoms with Crippen LogP contribution in [0.15, 0.2) is 53.6 Å². The summed E-state index contributed by atoms with van der Waals surface area (Å²) < 4.78 is 2.45. The largest absolute Gasteiger partial charge is 0.352 e. The van der Waals surface area contributed by atoms with Gasteiger partial charge in [-0.05, 0) is 31.2 Å². The molecular formula is C18H14ClN5O2. The van der Waals surface area contributed by atoms with Crippen LogP contribution in [0.1, 0.15) is 5.56 Å². The summed E-state index contributed by atoms with van der Waals surface area (Å²) in [5.41, 5.74) is 2.30. The first-order chi connectivity index (χ1) is 12.5. The summed E-state index contributed by atoms with van der Waals surface area (Å²) in [6.07, 6.45) is 1.42. The number of nitrogens with one attached hydrogen (secondary N) is 1. The first-order valence-corrected chi connectivity index (χ1v) is 8.29. The fraction of sp³-hybridized carbons (Fsp3) is 0.111. The van der Waals surface area contributed by atoms with Crippen LogP contribution in [-0.4, -0.2) is 25.1 Å². The minimum atomic E-state index is -0.426. The Kier molecular flexibility index (Phi) is 3.93. The number of halogens is 1. The topological polar surface area (TPSA) is 81.3 Å². The van der Waals surface area contributed by atoms with Gasteiger partial charge in [-0.3, -0.25) is 4.79 Å². The summed E-state index contributed by atoms with van der Waals surface area (Å²) in [6.45, 7) is 1.73. The first-order valence-electron chi connectivity index (χ1n) is 7.92. The molecule has 8 heteroatoms. The van der Waals surface area contributed by atoms with Gasteiger partial charge < -0.3 is 5.32 Å². The Morgan fingerprint density at radius 1 is 1.23 bits per heavy atom. The van der Waals surface area contributed by atoms with E-state index in [0.717, 1.165) is 21.1 Å². The van der Waals surface area contributed by atoms with Crippen LogP contribution in [0.3, 0.4) is 0 Å². The van der Waals surface area contributed by atoms with Gasteiger partial charge in [-0.15, -0.1) is 5.10 Å². The number of nitrogens with zero attached hydrogens (tertiary/aromatic N) is 4. The fourth-order valence-corrected chi connectivity index (χ4v) is 2.94. The van der Waals surface area contributed by atoms with E-state index in [4.69, 9.17) is 11.6 Å². The Morgan fingerprint density at radius 3 is 2.85 bits per heavy atom. The average molecular weight is 368 g/mol. The van der Waals surface area contributed by atoms with Crippen LogP contribution in [0.2, 0.25) is 5.02 Å². The number of anilines is 1.